The van der Waals surface area contributed by atoms with Crippen molar-refractivity contribution in [3.05, 3.63) is 94.5 Å². The Morgan fingerprint density at radius 2 is 1.47 bits per heavy atom. The lowest BCUT2D eigenvalue weighted by atomic mass is 10.1. The minimum Gasteiger partial charge on any atom is -0.476 e. The number of carbonyl (C=O) groups is 2. The van der Waals surface area contributed by atoms with E-state index in [4.69, 9.17) is 21.1 Å². The summed E-state index contributed by atoms with van der Waals surface area (Å²) in [5, 5.41) is 3.48. The summed E-state index contributed by atoms with van der Waals surface area (Å²) >= 11 is 5.84. The highest BCUT2D eigenvalue weighted by Crippen LogP contribution is 2.22. The molecule has 3 aromatic carbocycles. The van der Waals surface area contributed by atoms with Crippen LogP contribution in [0, 0.1) is 6.92 Å². The fraction of sp³-hybridized carbons (Fsp3) is 0.231. The molecule has 1 N–H and O–H groups in total. The maximum absolute atomic E-state index is 12.5. The second kappa shape index (κ2) is 10.3. The van der Waals surface area contributed by atoms with Crippen molar-refractivity contribution in [3.63, 3.8) is 0 Å². The molecular formula is C26H26ClNO4. The molecule has 0 spiro atoms. The van der Waals surface area contributed by atoms with Crippen LogP contribution < -0.4 is 14.8 Å². The first-order valence-electron chi connectivity index (χ1n) is 10.3. The van der Waals surface area contributed by atoms with Crippen LogP contribution in [0.3, 0.4) is 0 Å². The molecule has 0 bridgehead atoms. The first kappa shape index (κ1) is 23.4. The van der Waals surface area contributed by atoms with Gasteiger partial charge in [-0.05, 0) is 81.3 Å². The number of amides is 1. The Labute approximate surface area is 193 Å². The van der Waals surface area contributed by atoms with Gasteiger partial charge in [-0.15, -0.1) is 0 Å². The third kappa shape index (κ3) is 6.59. The summed E-state index contributed by atoms with van der Waals surface area (Å²) in [5.41, 5.74) is 1.54. The average Bonchev–Trinajstić information content (AvgIpc) is 2.76. The largest absolute Gasteiger partial charge is 0.476 e. The highest BCUT2D eigenvalue weighted by atomic mass is 35.5. The number of carbonyl (C=O) groups excluding carboxylic acids is 2. The lowest BCUT2D eigenvalue weighted by molar-refractivity contribution is -0.149. The first-order chi connectivity index (χ1) is 15.2. The van der Waals surface area contributed by atoms with Crippen molar-refractivity contribution >= 4 is 23.5 Å². The van der Waals surface area contributed by atoms with Crippen molar-refractivity contribution in [1.29, 1.82) is 0 Å². The summed E-state index contributed by atoms with van der Waals surface area (Å²) in [4.78, 5) is 24.7. The molecule has 0 aliphatic carbocycles. The van der Waals surface area contributed by atoms with Crippen molar-refractivity contribution < 1.29 is 19.1 Å². The molecule has 3 rings (SSSR count). The molecule has 0 saturated carbocycles. The predicted molar refractivity (Wildman–Crippen MR) is 125 cm³/mol. The van der Waals surface area contributed by atoms with E-state index in [0.717, 1.165) is 11.1 Å². The van der Waals surface area contributed by atoms with Crippen molar-refractivity contribution in [2.45, 2.75) is 32.8 Å². The molecule has 166 valence electrons. The first-order valence-corrected chi connectivity index (χ1v) is 10.7. The van der Waals surface area contributed by atoms with E-state index in [-0.39, 0.29) is 5.91 Å². The van der Waals surface area contributed by atoms with Crippen LogP contribution >= 0.6 is 11.6 Å². The van der Waals surface area contributed by atoms with Crippen molar-refractivity contribution in [2.75, 3.05) is 6.54 Å². The molecule has 1 amide bonds. The van der Waals surface area contributed by atoms with Crippen LogP contribution in [0.25, 0.3) is 0 Å². The van der Waals surface area contributed by atoms with Gasteiger partial charge >= 0.3 is 5.97 Å². The summed E-state index contributed by atoms with van der Waals surface area (Å²) in [6.45, 7) is 5.80. The molecule has 0 radical (unpaired) electrons. The molecule has 5 nitrogen and oxygen atoms in total. The molecule has 0 aromatic heterocycles. The lowest BCUT2D eigenvalue weighted by Gasteiger charge is -2.24. The minimum absolute atomic E-state index is 0.143. The smallest absolute Gasteiger partial charge is 0.355 e. The summed E-state index contributed by atoms with van der Waals surface area (Å²) in [7, 11) is 0. The third-order valence-corrected chi connectivity index (χ3v) is 5.08. The van der Waals surface area contributed by atoms with E-state index >= 15 is 0 Å². The number of aryl methyl sites for hydroxylation is 1. The average molecular weight is 452 g/mol. The molecule has 0 aliphatic heterocycles. The summed E-state index contributed by atoms with van der Waals surface area (Å²) in [6.07, 6.45) is 0.665. The maximum Gasteiger partial charge on any atom is 0.355 e. The molecule has 6 heteroatoms. The lowest BCUT2D eigenvalue weighted by Crippen LogP contribution is -2.41. The van der Waals surface area contributed by atoms with Gasteiger partial charge in [0.2, 0.25) is 5.60 Å². The number of nitrogens with one attached hydrogen (secondary N) is 1. The van der Waals surface area contributed by atoms with E-state index in [1.165, 1.54) is 0 Å². The molecular weight excluding hydrogens is 426 g/mol. The number of ether oxygens (including phenoxy) is 2. The highest BCUT2D eigenvalue weighted by Gasteiger charge is 2.32. The van der Waals surface area contributed by atoms with E-state index < -0.39 is 11.6 Å². The number of benzene rings is 3. The normalized spacial score (nSPS) is 11.0. The van der Waals surface area contributed by atoms with Gasteiger partial charge < -0.3 is 14.8 Å². The molecule has 32 heavy (non-hydrogen) atoms. The van der Waals surface area contributed by atoms with Gasteiger partial charge in [-0.2, -0.15) is 0 Å². The highest BCUT2D eigenvalue weighted by molar-refractivity contribution is 6.30. The summed E-state index contributed by atoms with van der Waals surface area (Å²) in [6, 6.07) is 21.4. The van der Waals surface area contributed by atoms with Gasteiger partial charge in [0.05, 0.1) is 0 Å². The molecule has 0 fully saturated rings. The monoisotopic (exact) mass is 451 g/mol. The van der Waals surface area contributed by atoms with Gasteiger partial charge in [-0.25, -0.2) is 4.79 Å². The van der Waals surface area contributed by atoms with Crippen LogP contribution in [0.2, 0.25) is 5.02 Å². The quantitative estimate of drug-likeness (QED) is 0.368. The van der Waals surface area contributed by atoms with Crippen LogP contribution in [0.1, 0.15) is 35.3 Å². The Morgan fingerprint density at radius 1 is 0.875 bits per heavy atom. The van der Waals surface area contributed by atoms with Crippen LogP contribution in [0.4, 0.5) is 0 Å². The van der Waals surface area contributed by atoms with Crippen molar-refractivity contribution in [3.8, 4) is 11.5 Å². The van der Waals surface area contributed by atoms with Crippen LogP contribution in [-0.4, -0.2) is 24.0 Å². The minimum atomic E-state index is -1.15. The van der Waals surface area contributed by atoms with Gasteiger partial charge in [0.1, 0.15) is 11.5 Å². The van der Waals surface area contributed by atoms with Gasteiger partial charge in [-0.1, -0.05) is 41.4 Å². The molecule has 0 unspecified atom stereocenters. The molecule has 0 aliphatic rings. The standard InChI is InChI=1S/C26H26ClNO4/c1-18-4-12-22(13-5-18)31-25(30)26(2,3)32-23-14-6-19(7-15-23)16-17-28-24(29)20-8-10-21(27)11-9-20/h4-15H,16-17H2,1-3H3,(H,28,29). The van der Waals surface area contributed by atoms with Crippen LogP contribution in [0.5, 0.6) is 11.5 Å². The zero-order valence-corrected chi connectivity index (χ0v) is 19.1. The van der Waals surface area contributed by atoms with Crippen molar-refractivity contribution in [1.82, 2.24) is 5.32 Å². The van der Waals surface area contributed by atoms with Gasteiger partial charge in [-0.3, -0.25) is 4.79 Å². The Balaban J connectivity index is 1.49. The molecule has 0 saturated heterocycles. The summed E-state index contributed by atoms with van der Waals surface area (Å²) < 4.78 is 11.3. The van der Waals surface area contributed by atoms with E-state index in [9.17, 15) is 9.59 Å². The van der Waals surface area contributed by atoms with Gasteiger partial charge in [0, 0.05) is 17.1 Å². The van der Waals surface area contributed by atoms with Crippen molar-refractivity contribution in [2.24, 2.45) is 0 Å². The van der Waals surface area contributed by atoms with Gasteiger partial charge in [0.25, 0.3) is 5.91 Å². The Kier molecular flexibility index (Phi) is 7.54. The maximum atomic E-state index is 12.5. The predicted octanol–water partition coefficient (Wildman–Crippen LogP) is 5.38. The fourth-order valence-electron chi connectivity index (χ4n) is 2.92. The zero-order chi connectivity index (χ0) is 23.1. The Bertz CT molecular complexity index is 1060. The van der Waals surface area contributed by atoms with E-state index in [0.29, 0.717) is 35.1 Å². The summed E-state index contributed by atoms with van der Waals surface area (Å²) in [5.74, 6) is 0.420. The molecule has 0 atom stereocenters. The number of hydrogen-bond donors (Lipinski definition) is 1. The van der Waals surface area contributed by atoms with E-state index in [1.807, 2.05) is 31.2 Å². The van der Waals surface area contributed by atoms with Gasteiger partial charge in [0.15, 0.2) is 0 Å². The molecule has 3 aromatic rings. The second-order valence-corrected chi connectivity index (χ2v) is 8.41. The number of rotatable bonds is 8. The SMILES string of the molecule is Cc1ccc(OC(=O)C(C)(C)Oc2ccc(CCNC(=O)c3ccc(Cl)cc3)cc2)cc1. The Hall–Kier alpha value is -3.31. The van der Waals surface area contributed by atoms with Crippen LogP contribution in [0.15, 0.2) is 72.8 Å². The topological polar surface area (TPSA) is 64.6 Å². The fourth-order valence-corrected chi connectivity index (χ4v) is 3.05. The molecule has 0 heterocycles. The Morgan fingerprint density at radius 3 is 2.09 bits per heavy atom. The van der Waals surface area contributed by atoms with E-state index in [1.54, 1.807) is 62.4 Å². The number of esters is 1. The number of halogens is 1. The number of hydrogen-bond acceptors (Lipinski definition) is 4. The third-order valence-electron chi connectivity index (χ3n) is 4.83. The zero-order valence-electron chi connectivity index (χ0n) is 18.4. The van der Waals surface area contributed by atoms with Crippen LogP contribution in [-0.2, 0) is 11.2 Å². The van der Waals surface area contributed by atoms with E-state index in [2.05, 4.69) is 5.32 Å². The second-order valence-electron chi connectivity index (χ2n) is 7.97.